The first-order valence-corrected chi connectivity index (χ1v) is 7.00. The number of carboxylic acid groups (broad SMARTS) is 1. The van der Waals surface area contributed by atoms with Gasteiger partial charge in [0.15, 0.2) is 0 Å². The molecule has 2 rings (SSSR count). The maximum atomic E-state index is 12.3. The topological polar surface area (TPSA) is 92.9 Å². The van der Waals surface area contributed by atoms with Gasteiger partial charge in [0.2, 0.25) is 5.91 Å². The first-order chi connectivity index (χ1) is 10.1. The lowest BCUT2D eigenvalue weighted by Crippen LogP contribution is -2.49. The Balaban J connectivity index is 1.94. The number of benzene rings is 1. The molecule has 1 aromatic rings. The summed E-state index contributed by atoms with van der Waals surface area (Å²) in [5, 5.41) is 8.90. The van der Waals surface area contributed by atoms with E-state index in [2.05, 4.69) is 0 Å². The number of hydrogen-bond acceptors (Lipinski definition) is 4. The highest BCUT2D eigenvalue weighted by molar-refractivity contribution is 5.78. The minimum atomic E-state index is -0.921. The number of aryl methyl sites for hydroxylation is 1. The van der Waals surface area contributed by atoms with Crippen LogP contribution in [0.15, 0.2) is 24.3 Å². The average molecular weight is 292 g/mol. The minimum absolute atomic E-state index is 0.0483. The van der Waals surface area contributed by atoms with Crippen LogP contribution in [0.5, 0.6) is 0 Å². The van der Waals surface area contributed by atoms with E-state index < -0.39 is 5.97 Å². The first kappa shape index (κ1) is 15.3. The molecule has 0 radical (unpaired) electrons. The van der Waals surface area contributed by atoms with Crippen LogP contribution in [0.3, 0.4) is 0 Å². The molecule has 0 spiro atoms. The number of carboxylic acids is 1. The summed E-state index contributed by atoms with van der Waals surface area (Å²) in [6.07, 6.45) is 0.798. The van der Waals surface area contributed by atoms with Crippen LogP contribution in [0.1, 0.15) is 18.4 Å². The number of aliphatic carboxylic acids is 1. The molecule has 0 saturated carbocycles. The number of morpholine rings is 1. The van der Waals surface area contributed by atoms with Gasteiger partial charge < -0.3 is 20.5 Å². The minimum Gasteiger partial charge on any atom is -0.481 e. The van der Waals surface area contributed by atoms with Gasteiger partial charge in [-0.1, -0.05) is 18.2 Å². The molecular formula is C15H20N2O4. The second-order valence-corrected chi connectivity index (χ2v) is 5.11. The van der Waals surface area contributed by atoms with Gasteiger partial charge in [0.1, 0.15) is 0 Å². The molecule has 1 atom stereocenters. The van der Waals surface area contributed by atoms with E-state index >= 15 is 0 Å². The summed E-state index contributed by atoms with van der Waals surface area (Å²) in [5.74, 6) is -0.969. The Morgan fingerprint density at radius 2 is 2.14 bits per heavy atom. The molecule has 3 N–H and O–H groups in total. The van der Waals surface area contributed by atoms with Crippen molar-refractivity contribution in [3.05, 3.63) is 29.8 Å². The van der Waals surface area contributed by atoms with Gasteiger partial charge in [-0.15, -0.1) is 0 Å². The Morgan fingerprint density at radius 1 is 1.38 bits per heavy atom. The molecule has 6 nitrogen and oxygen atoms in total. The van der Waals surface area contributed by atoms with E-state index in [0.717, 1.165) is 5.56 Å². The molecule has 1 saturated heterocycles. The lowest BCUT2D eigenvalue weighted by Gasteiger charge is -2.35. The number of anilines is 1. The number of para-hydroxylation sites is 1. The lowest BCUT2D eigenvalue weighted by molar-refractivity contribution is -0.146. The number of carbonyl (C=O) groups excluding carboxylic acids is 1. The summed E-state index contributed by atoms with van der Waals surface area (Å²) < 4.78 is 5.27. The maximum absolute atomic E-state index is 12.3. The Labute approximate surface area is 123 Å². The van der Waals surface area contributed by atoms with Gasteiger partial charge in [0.25, 0.3) is 0 Å². The van der Waals surface area contributed by atoms with Crippen molar-refractivity contribution in [3.8, 4) is 0 Å². The fourth-order valence-corrected chi connectivity index (χ4v) is 2.50. The Kier molecular flexibility index (Phi) is 5.16. The summed E-state index contributed by atoms with van der Waals surface area (Å²) in [6, 6.07) is 7.07. The van der Waals surface area contributed by atoms with Gasteiger partial charge in [0.05, 0.1) is 25.7 Å². The van der Waals surface area contributed by atoms with E-state index in [1.165, 1.54) is 0 Å². The SMILES string of the molecule is Nc1ccccc1CCC(=O)N1CCOCC1CC(=O)O. The number of hydrogen-bond donors (Lipinski definition) is 2. The van der Waals surface area contributed by atoms with Gasteiger partial charge >= 0.3 is 5.97 Å². The predicted molar refractivity (Wildman–Crippen MR) is 77.7 cm³/mol. The summed E-state index contributed by atoms with van der Waals surface area (Å²) in [6.45, 7) is 1.18. The lowest BCUT2D eigenvalue weighted by atomic mass is 10.1. The van der Waals surface area contributed by atoms with Crippen LogP contribution in [0, 0.1) is 0 Å². The molecule has 1 unspecified atom stereocenters. The van der Waals surface area contributed by atoms with E-state index in [9.17, 15) is 9.59 Å². The molecule has 0 aliphatic carbocycles. The summed E-state index contributed by atoms with van der Waals surface area (Å²) in [5.41, 5.74) is 7.47. The van der Waals surface area contributed by atoms with Crippen molar-refractivity contribution in [1.82, 2.24) is 4.90 Å². The van der Waals surface area contributed by atoms with Crippen molar-refractivity contribution < 1.29 is 19.4 Å². The van der Waals surface area contributed by atoms with Crippen LogP contribution in [-0.2, 0) is 20.7 Å². The number of amides is 1. The maximum Gasteiger partial charge on any atom is 0.305 e. The monoisotopic (exact) mass is 292 g/mol. The molecule has 6 heteroatoms. The van der Waals surface area contributed by atoms with Crippen LogP contribution in [0.25, 0.3) is 0 Å². The molecule has 1 aliphatic heterocycles. The number of carbonyl (C=O) groups is 2. The fraction of sp³-hybridized carbons (Fsp3) is 0.467. The molecular weight excluding hydrogens is 272 g/mol. The zero-order valence-electron chi connectivity index (χ0n) is 11.8. The number of nitrogens with zero attached hydrogens (tertiary/aromatic N) is 1. The van der Waals surface area contributed by atoms with Crippen molar-refractivity contribution in [3.63, 3.8) is 0 Å². The third-order valence-electron chi connectivity index (χ3n) is 3.62. The van der Waals surface area contributed by atoms with Crippen LogP contribution < -0.4 is 5.73 Å². The predicted octanol–water partition coefficient (Wildman–Crippen LogP) is 0.903. The zero-order chi connectivity index (χ0) is 15.2. The summed E-state index contributed by atoms with van der Waals surface area (Å²) >= 11 is 0. The Morgan fingerprint density at radius 3 is 2.86 bits per heavy atom. The third kappa shape index (κ3) is 4.19. The molecule has 21 heavy (non-hydrogen) atoms. The zero-order valence-corrected chi connectivity index (χ0v) is 11.8. The first-order valence-electron chi connectivity index (χ1n) is 7.00. The summed E-state index contributed by atoms with van der Waals surface area (Å²) in [7, 11) is 0. The standard InChI is InChI=1S/C15H20N2O4/c16-13-4-2-1-3-11(13)5-6-14(18)17-7-8-21-10-12(17)9-15(19)20/h1-4,12H,5-10,16H2,(H,19,20). The molecule has 114 valence electrons. The van der Waals surface area contributed by atoms with Crippen molar-refractivity contribution in [2.24, 2.45) is 0 Å². The third-order valence-corrected chi connectivity index (χ3v) is 3.62. The van der Waals surface area contributed by atoms with Crippen LogP contribution in [-0.4, -0.2) is 47.7 Å². The second-order valence-electron chi connectivity index (χ2n) is 5.11. The molecule has 1 amide bonds. The molecule has 0 aromatic heterocycles. The van der Waals surface area contributed by atoms with Crippen LogP contribution >= 0.6 is 0 Å². The molecule has 1 aliphatic rings. The van der Waals surface area contributed by atoms with Crippen molar-refractivity contribution in [1.29, 1.82) is 0 Å². The van der Waals surface area contributed by atoms with Crippen molar-refractivity contribution in [2.75, 3.05) is 25.5 Å². The van der Waals surface area contributed by atoms with Gasteiger partial charge in [-0.3, -0.25) is 9.59 Å². The van der Waals surface area contributed by atoms with E-state index in [-0.39, 0.29) is 25.0 Å². The number of ether oxygens (including phenoxy) is 1. The van der Waals surface area contributed by atoms with E-state index in [4.69, 9.17) is 15.6 Å². The highest BCUT2D eigenvalue weighted by Crippen LogP contribution is 2.16. The van der Waals surface area contributed by atoms with E-state index in [0.29, 0.717) is 31.7 Å². The van der Waals surface area contributed by atoms with Gasteiger partial charge in [-0.05, 0) is 18.1 Å². The number of nitrogens with two attached hydrogens (primary N) is 1. The fourth-order valence-electron chi connectivity index (χ4n) is 2.50. The van der Waals surface area contributed by atoms with Crippen LogP contribution in [0.4, 0.5) is 5.69 Å². The normalized spacial score (nSPS) is 18.5. The summed E-state index contributed by atoms with van der Waals surface area (Å²) in [4.78, 5) is 24.8. The van der Waals surface area contributed by atoms with Gasteiger partial charge in [-0.25, -0.2) is 0 Å². The molecule has 0 bridgehead atoms. The Bertz CT molecular complexity index is 518. The Hall–Kier alpha value is -2.08. The highest BCUT2D eigenvalue weighted by atomic mass is 16.5. The van der Waals surface area contributed by atoms with Crippen molar-refractivity contribution in [2.45, 2.75) is 25.3 Å². The quantitative estimate of drug-likeness (QED) is 0.787. The van der Waals surface area contributed by atoms with E-state index in [1.807, 2.05) is 24.3 Å². The average Bonchev–Trinajstić information content (AvgIpc) is 2.46. The molecule has 1 heterocycles. The molecule has 1 fully saturated rings. The second kappa shape index (κ2) is 7.08. The van der Waals surface area contributed by atoms with Gasteiger partial charge in [-0.2, -0.15) is 0 Å². The number of rotatable bonds is 5. The van der Waals surface area contributed by atoms with Crippen molar-refractivity contribution >= 4 is 17.6 Å². The highest BCUT2D eigenvalue weighted by Gasteiger charge is 2.28. The largest absolute Gasteiger partial charge is 0.481 e. The molecule has 1 aromatic carbocycles. The van der Waals surface area contributed by atoms with Gasteiger partial charge in [0, 0.05) is 18.7 Å². The van der Waals surface area contributed by atoms with E-state index in [1.54, 1.807) is 4.90 Å². The number of nitrogen functional groups attached to an aromatic ring is 1. The van der Waals surface area contributed by atoms with Crippen LogP contribution in [0.2, 0.25) is 0 Å². The smallest absolute Gasteiger partial charge is 0.305 e.